The van der Waals surface area contributed by atoms with E-state index in [0.717, 1.165) is 39.9 Å². The van der Waals surface area contributed by atoms with Gasteiger partial charge in [0.1, 0.15) is 0 Å². The highest BCUT2D eigenvalue weighted by Gasteiger charge is 2.02. The first-order chi connectivity index (χ1) is 14.7. The summed E-state index contributed by atoms with van der Waals surface area (Å²) in [7, 11) is 1.78. The van der Waals surface area contributed by atoms with E-state index in [-0.39, 0.29) is 0 Å². The Labute approximate surface area is 176 Å². The number of aliphatic imine (C=N–C) groups is 4. The molecule has 0 radical (unpaired) electrons. The molecule has 0 aliphatic heterocycles. The van der Waals surface area contributed by atoms with Gasteiger partial charge in [-0.05, 0) is 91.9 Å². The number of benzene rings is 2. The van der Waals surface area contributed by atoms with E-state index < -0.39 is 0 Å². The van der Waals surface area contributed by atoms with Gasteiger partial charge in [-0.2, -0.15) is 0 Å². The molecule has 2 aliphatic rings. The zero-order valence-electron chi connectivity index (χ0n) is 17.0. The van der Waals surface area contributed by atoms with Gasteiger partial charge in [0.15, 0.2) is 0 Å². The summed E-state index contributed by atoms with van der Waals surface area (Å²) in [5.41, 5.74) is 7.60. The Kier molecular flexibility index (Phi) is 5.85. The Hall–Kier alpha value is -3.92. The van der Waals surface area contributed by atoms with Crippen molar-refractivity contribution in [2.45, 2.75) is 6.92 Å². The molecule has 2 aromatic carbocycles. The molecule has 0 saturated carbocycles. The molecule has 0 unspecified atom stereocenters. The molecule has 0 saturated heterocycles. The number of aryl methyl sites for hydroxylation is 1. The summed E-state index contributed by atoms with van der Waals surface area (Å²) >= 11 is 0. The highest BCUT2D eigenvalue weighted by Crippen LogP contribution is 2.21. The van der Waals surface area contributed by atoms with Crippen molar-refractivity contribution in [3.8, 4) is 0 Å². The fraction of sp³-hybridized carbons (Fsp3) is 0.0769. The van der Waals surface area contributed by atoms with Gasteiger partial charge in [0.2, 0.25) is 0 Å². The largest absolute Gasteiger partial charge is 0.289 e. The first kappa shape index (κ1) is 19.4. The molecule has 0 bridgehead atoms. The van der Waals surface area contributed by atoms with Crippen LogP contribution in [0.3, 0.4) is 0 Å². The molecular formula is C26H22N4. The smallest absolute Gasteiger partial charge is 0.0638 e. The van der Waals surface area contributed by atoms with Crippen LogP contribution < -0.4 is 0 Å². The van der Waals surface area contributed by atoms with Gasteiger partial charge in [-0.15, -0.1) is 0 Å². The van der Waals surface area contributed by atoms with E-state index in [0.29, 0.717) is 0 Å². The summed E-state index contributed by atoms with van der Waals surface area (Å²) in [6, 6.07) is 16.1. The minimum atomic E-state index is 0.886. The maximum atomic E-state index is 4.68. The van der Waals surface area contributed by atoms with Gasteiger partial charge < -0.3 is 0 Å². The van der Waals surface area contributed by atoms with E-state index in [2.05, 4.69) is 39.0 Å². The average Bonchev–Trinajstić information content (AvgIpc) is 2.78. The molecule has 146 valence electrons. The van der Waals surface area contributed by atoms with Crippen molar-refractivity contribution >= 4 is 39.9 Å². The standard InChI is InChI=1S/C26H22N4/c1-19-3-5-21(6-4-19)28-23-11-13-25(14-12-23)30-26-17-15-24(16-18-26)29-22-9-7-20(27-2)8-10-22/h3-18H,1-2H3. The Morgan fingerprint density at radius 3 is 1.07 bits per heavy atom. The summed E-state index contributed by atoms with van der Waals surface area (Å²) in [5.74, 6) is 0. The molecule has 0 heterocycles. The molecule has 4 nitrogen and oxygen atoms in total. The van der Waals surface area contributed by atoms with Crippen LogP contribution in [0.25, 0.3) is 0 Å². The van der Waals surface area contributed by atoms with Crippen LogP contribution in [0.15, 0.2) is 117 Å². The fourth-order valence-corrected chi connectivity index (χ4v) is 2.95. The van der Waals surface area contributed by atoms with Crippen LogP contribution in [0, 0.1) is 6.92 Å². The van der Waals surface area contributed by atoms with Gasteiger partial charge >= 0.3 is 0 Å². The molecule has 4 heteroatoms. The summed E-state index contributed by atoms with van der Waals surface area (Å²) in [4.78, 5) is 18.1. The van der Waals surface area contributed by atoms with Gasteiger partial charge in [-0.3, -0.25) is 4.99 Å². The van der Waals surface area contributed by atoms with Crippen molar-refractivity contribution < 1.29 is 0 Å². The third-order valence-corrected chi connectivity index (χ3v) is 4.62. The van der Waals surface area contributed by atoms with Crippen LogP contribution in [-0.4, -0.2) is 29.9 Å². The summed E-state index contributed by atoms with van der Waals surface area (Å²) in [5, 5.41) is 0. The van der Waals surface area contributed by atoms with E-state index in [4.69, 9.17) is 0 Å². The third kappa shape index (κ3) is 5.11. The predicted molar refractivity (Wildman–Crippen MR) is 129 cm³/mol. The minimum Gasteiger partial charge on any atom is -0.289 e. The van der Waals surface area contributed by atoms with Gasteiger partial charge in [0, 0.05) is 7.05 Å². The van der Waals surface area contributed by atoms with E-state index in [9.17, 15) is 0 Å². The second kappa shape index (κ2) is 9.05. The van der Waals surface area contributed by atoms with E-state index in [1.807, 2.05) is 85.0 Å². The normalized spacial score (nSPS) is 14.9. The SMILES string of the molecule is CN=C1C=CC(=Nc2ccc(N=C3C=CC(=Nc4ccc(C)cc4)C=C3)cc2)C=C1. The number of hydrogen-bond acceptors (Lipinski definition) is 4. The van der Waals surface area contributed by atoms with Crippen LogP contribution in [0.2, 0.25) is 0 Å². The number of nitrogens with zero attached hydrogens (tertiary/aromatic N) is 4. The van der Waals surface area contributed by atoms with Crippen molar-refractivity contribution in [1.82, 2.24) is 0 Å². The second-order valence-corrected chi connectivity index (χ2v) is 6.94. The minimum absolute atomic E-state index is 0.886. The van der Waals surface area contributed by atoms with Crippen molar-refractivity contribution in [1.29, 1.82) is 0 Å². The highest BCUT2D eigenvalue weighted by molar-refractivity contribution is 6.20. The lowest BCUT2D eigenvalue weighted by atomic mass is 10.1. The van der Waals surface area contributed by atoms with E-state index in [1.54, 1.807) is 7.05 Å². The number of rotatable bonds is 3. The maximum absolute atomic E-state index is 4.68. The molecule has 30 heavy (non-hydrogen) atoms. The van der Waals surface area contributed by atoms with E-state index >= 15 is 0 Å². The van der Waals surface area contributed by atoms with Gasteiger partial charge in [-0.25, -0.2) is 15.0 Å². The van der Waals surface area contributed by atoms with Gasteiger partial charge in [0.05, 0.1) is 39.9 Å². The Balaban J connectivity index is 1.43. The van der Waals surface area contributed by atoms with Crippen LogP contribution in [0.1, 0.15) is 5.56 Å². The molecule has 0 amide bonds. The average molecular weight is 390 g/mol. The zero-order valence-corrected chi connectivity index (χ0v) is 17.0. The monoisotopic (exact) mass is 390 g/mol. The molecule has 4 rings (SSSR count). The molecule has 0 N–H and O–H groups in total. The molecular weight excluding hydrogens is 368 g/mol. The Morgan fingerprint density at radius 1 is 0.433 bits per heavy atom. The lowest BCUT2D eigenvalue weighted by Crippen LogP contribution is -1.99. The topological polar surface area (TPSA) is 49.4 Å². The van der Waals surface area contributed by atoms with Crippen LogP contribution in [0.5, 0.6) is 0 Å². The van der Waals surface area contributed by atoms with Crippen molar-refractivity contribution in [2.75, 3.05) is 7.05 Å². The maximum Gasteiger partial charge on any atom is 0.0638 e. The van der Waals surface area contributed by atoms with Crippen molar-refractivity contribution in [3.05, 3.63) is 103 Å². The van der Waals surface area contributed by atoms with E-state index in [1.165, 1.54) is 5.56 Å². The summed E-state index contributed by atoms with van der Waals surface area (Å²) in [6.07, 6.45) is 15.8. The van der Waals surface area contributed by atoms with Gasteiger partial charge in [0.25, 0.3) is 0 Å². The highest BCUT2D eigenvalue weighted by atomic mass is 14.8. The Morgan fingerprint density at radius 2 is 0.733 bits per heavy atom. The molecule has 0 spiro atoms. The lowest BCUT2D eigenvalue weighted by molar-refractivity contribution is 1.43. The summed E-state index contributed by atoms with van der Waals surface area (Å²) < 4.78 is 0. The molecule has 0 fully saturated rings. The second-order valence-electron chi connectivity index (χ2n) is 6.94. The van der Waals surface area contributed by atoms with Crippen LogP contribution in [-0.2, 0) is 0 Å². The molecule has 2 aromatic rings. The van der Waals surface area contributed by atoms with Crippen molar-refractivity contribution in [3.63, 3.8) is 0 Å². The van der Waals surface area contributed by atoms with Crippen LogP contribution >= 0.6 is 0 Å². The van der Waals surface area contributed by atoms with Crippen LogP contribution in [0.4, 0.5) is 17.1 Å². The predicted octanol–water partition coefficient (Wildman–Crippen LogP) is 6.24. The fourth-order valence-electron chi connectivity index (χ4n) is 2.95. The Bertz CT molecular complexity index is 1130. The lowest BCUT2D eigenvalue weighted by Gasteiger charge is -2.04. The molecule has 0 aromatic heterocycles. The first-order valence-electron chi connectivity index (χ1n) is 9.80. The molecule has 0 atom stereocenters. The summed E-state index contributed by atoms with van der Waals surface area (Å²) in [6.45, 7) is 2.07. The van der Waals surface area contributed by atoms with Gasteiger partial charge in [-0.1, -0.05) is 17.7 Å². The number of hydrogen-bond donors (Lipinski definition) is 0. The number of allylic oxidation sites excluding steroid dienone is 8. The zero-order chi connectivity index (χ0) is 20.8. The molecule has 2 aliphatic carbocycles. The first-order valence-corrected chi connectivity index (χ1v) is 9.80. The quantitative estimate of drug-likeness (QED) is 0.558. The van der Waals surface area contributed by atoms with Crippen molar-refractivity contribution in [2.24, 2.45) is 20.0 Å². The third-order valence-electron chi connectivity index (χ3n) is 4.62.